The molecule has 0 saturated heterocycles. The summed E-state index contributed by atoms with van der Waals surface area (Å²) in [6, 6.07) is 10.9. The van der Waals surface area contributed by atoms with Gasteiger partial charge in [-0.05, 0) is 49.7 Å². The number of hydrogen-bond donors (Lipinski definition) is 2. The average molecular weight is 313 g/mol. The molecular formula is C18H23N3O2. The molecule has 1 aromatic heterocycles. The zero-order valence-corrected chi connectivity index (χ0v) is 13.6. The van der Waals surface area contributed by atoms with Crippen molar-refractivity contribution in [1.82, 2.24) is 4.98 Å². The second-order valence-electron chi connectivity index (χ2n) is 5.12. The first-order chi connectivity index (χ1) is 11.2. The van der Waals surface area contributed by atoms with Gasteiger partial charge in [-0.2, -0.15) is 0 Å². The molecule has 23 heavy (non-hydrogen) atoms. The number of ether oxygens (including phenoxy) is 1. The van der Waals surface area contributed by atoms with Gasteiger partial charge in [0.05, 0.1) is 6.61 Å². The Balaban J connectivity index is 1.98. The van der Waals surface area contributed by atoms with Crippen molar-refractivity contribution in [2.24, 2.45) is 0 Å². The van der Waals surface area contributed by atoms with Crippen LogP contribution in [-0.4, -0.2) is 24.0 Å². The van der Waals surface area contributed by atoms with Crippen LogP contribution in [0.5, 0.6) is 5.75 Å². The summed E-state index contributed by atoms with van der Waals surface area (Å²) in [5, 5.41) is 6.13. The largest absolute Gasteiger partial charge is 0.494 e. The predicted molar refractivity (Wildman–Crippen MR) is 93.2 cm³/mol. The Morgan fingerprint density at radius 1 is 1.13 bits per heavy atom. The van der Waals surface area contributed by atoms with Gasteiger partial charge < -0.3 is 15.4 Å². The third-order valence-electron chi connectivity index (χ3n) is 3.28. The molecule has 1 amide bonds. The van der Waals surface area contributed by atoms with Crippen LogP contribution < -0.4 is 15.4 Å². The van der Waals surface area contributed by atoms with Crippen LogP contribution in [0.3, 0.4) is 0 Å². The summed E-state index contributed by atoms with van der Waals surface area (Å²) < 4.78 is 5.38. The lowest BCUT2D eigenvalue weighted by Crippen LogP contribution is -2.14. The number of rotatable bonds is 8. The van der Waals surface area contributed by atoms with Gasteiger partial charge in [0.2, 0.25) is 0 Å². The number of carbonyl (C=O) groups is 1. The first-order valence-electron chi connectivity index (χ1n) is 7.97. The van der Waals surface area contributed by atoms with E-state index in [1.165, 1.54) is 0 Å². The van der Waals surface area contributed by atoms with Crippen LogP contribution in [0.25, 0.3) is 0 Å². The lowest BCUT2D eigenvalue weighted by atomic mass is 10.2. The van der Waals surface area contributed by atoms with Gasteiger partial charge in [-0.15, -0.1) is 0 Å². The molecule has 0 saturated carbocycles. The van der Waals surface area contributed by atoms with E-state index in [4.69, 9.17) is 4.74 Å². The summed E-state index contributed by atoms with van der Waals surface area (Å²) in [4.78, 5) is 16.4. The predicted octanol–water partition coefficient (Wildman–Crippen LogP) is 3.94. The van der Waals surface area contributed by atoms with Crippen molar-refractivity contribution < 1.29 is 9.53 Å². The van der Waals surface area contributed by atoms with Crippen molar-refractivity contribution >= 4 is 17.3 Å². The van der Waals surface area contributed by atoms with E-state index in [1.54, 1.807) is 12.3 Å². The van der Waals surface area contributed by atoms with E-state index < -0.39 is 0 Å². The molecule has 1 heterocycles. The molecule has 2 rings (SSSR count). The second kappa shape index (κ2) is 8.78. The van der Waals surface area contributed by atoms with E-state index in [0.29, 0.717) is 18.0 Å². The fourth-order valence-corrected chi connectivity index (χ4v) is 2.07. The highest BCUT2D eigenvalue weighted by atomic mass is 16.5. The zero-order valence-electron chi connectivity index (χ0n) is 13.6. The van der Waals surface area contributed by atoms with Crippen LogP contribution in [0, 0.1) is 0 Å². The highest BCUT2D eigenvalue weighted by molar-refractivity contribution is 6.03. The summed E-state index contributed by atoms with van der Waals surface area (Å²) >= 11 is 0. The van der Waals surface area contributed by atoms with Crippen LogP contribution in [0.1, 0.15) is 37.2 Å². The van der Waals surface area contributed by atoms with Gasteiger partial charge in [-0.3, -0.25) is 9.78 Å². The Labute approximate surface area is 137 Å². The van der Waals surface area contributed by atoms with E-state index in [0.717, 1.165) is 30.8 Å². The number of anilines is 2. The van der Waals surface area contributed by atoms with Gasteiger partial charge in [0.25, 0.3) is 5.91 Å². The normalized spacial score (nSPS) is 10.2. The summed E-state index contributed by atoms with van der Waals surface area (Å²) in [6.07, 6.45) is 3.86. The minimum Gasteiger partial charge on any atom is -0.494 e. The highest BCUT2D eigenvalue weighted by Crippen LogP contribution is 2.17. The van der Waals surface area contributed by atoms with Gasteiger partial charge >= 0.3 is 0 Å². The van der Waals surface area contributed by atoms with Crippen molar-refractivity contribution in [3.05, 3.63) is 48.3 Å². The molecule has 0 bridgehead atoms. The van der Waals surface area contributed by atoms with Crippen LogP contribution in [0.4, 0.5) is 11.4 Å². The van der Waals surface area contributed by atoms with Gasteiger partial charge in [-0.25, -0.2) is 0 Å². The smallest absolute Gasteiger partial charge is 0.274 e. The lowest BCUT2D eigenvalue weighted by Gasteiger charge is -2.09. The molecule has 0 aliphatic carbocycles. The topological polar surface area (TPSA) is 63.2 Å². The minimum atomic E-state index is -0.228. The molecule has 2 N–H and O–H groups in total. The van der Waals surface area contributed by atoms with Crippen molar-refractivity contribution in [3.63, 3.8) is 0 Å². The van der Waals surface area contributed by atoms with Crippen molar-refractivity contribution in [2.45, 2.75) is 26.7 Å². The zero-order chi connectivity index (χ0) is 16.5. The fraction of sp³-hybridized carbons (Fsp3) is 0.333. The third-order valence-corrected chi connectivity index (χ3v) is 3.28. The molecule has 2 aromatic rings. The standard InChI is InChI=1S/C18H23N3O2/c1-3-5-11-19-15-10-12-20-17(13-15)18(22)21-14-6-8-16(9-7-14)23-4-2/h6-10,12-13H,3-5,11H2,1-2H3,(H,19,20)(H,21,22). The van der Waals surface area contributed by atoms with Crippen molar-refractivity contribution in [1.29, 1.82) is 0 Å². The Bertz CT molecular complexity index is 626. The molecule has 0 radical (unpaired) electrons. The van der Waals surface area contributed by atoms with E-state index >= 15 is 0 Å². The maximum atomic E-state index is 12.3. The minimum absolute atomic E-state index is 0.228. The number of carbonyl (C=O) groups excluding carboxylic acids is 1. The monoisotopic (exact) mass is 313 g/mol. The Morgan fingerprint density at radius 2 is 1.91 bits per heavy atom. The Kier molecular flexibility index (Phi) is 6.41. The number of nitrogens with one attached hydrogen (secondary N) is 2. The molecular weight excluding hydrogens is 290 g/mol. The summed E-state index contributed by atoms with van der Waals surface area (Å²) in [7, 11) is 0. The number of pyridine rings is 1. The van der Waals surface area contributed by atoms with Crippen LogP contribution >= 0.6 is 0 Å². The maximum absolute atomic E-state index is 12.3. The number of nitrogens with zero attached hydrogens (tertiary/aromatic N) is 1. The van der Waals surface area contributed by atoms with Crippen LogP contribution in [0.2, 0.25) is 0 Å². The number of benzene rings is 1. The van der Waals surface area contributed by atoms with Gasteiger partial charge in [0.15, 0.2) is 0 Å². The number of unbranched alkanes of at least 4 members (excludes halogenated alkanes) is 1. The van der Waals surface area contributed by atoms with Crippen molar-refractivity contribution in [2.75, 3.05) is 23.8 Å². The van der Waals surface area contributed by atoms with Crippen LogP contribution in [-0.2, 0) is 0 Å². The first-order valence-corrected chi connectivity index (χ1v) is 7.97. The molecule has 5 nitrogen and oxygen atoms in total. The molecule has 0 aliphatic rings. The highest BCUT2D eigenvalue weighted by Gasteiger charge is 2.08. The Hall–Kier alpha value is -2.56. The SMILES string of the molecule is CCCCNc1ccnc(C(=O)Nc2ccc(OCC)cc2)c1. The van der Waals surface area contributed by atoms with Gasteiger partial charge in [0, 0.05) is 24.1 Å². The number of aromatic nitrogens is 1. The first kappa shape index (κ1) is 16.8. The molecule has 0 atom stereocenters. The van der Waals surface area contributed by atoms with Crippen molar-refractivity contribution in [3.8, 4) is 5.75 Å². The van der Waals surface area contributed by atoms with E-state index in [1.807, 2.05) is 37.3 Å². The number of hydrogen-bond acceptors (Lipinski definition) is 4. The summed E-state index contributed by atoms with van der Waals surface area (Å²) in [6.45, 7) is 5.58. The average Bonchev–Trinajstić information content (AvgIpc) is 2.57. The van der Waals surface area contributed by atoms with Gasteiger partial charge in [0.1, 0.15) is 11.4 Å². The lowest BCUT2D eigenvalue weighted by molar-refractivity contribution is 0.102. The molecule has 5 heteroatoms. The molecule has 0 spiro atoms. The second-order valence-corrected chi connectivity index (χ2v) is 5.12. The summed E-state index contributed by atoms with van der Waals surface area (Å²) in [5.74, 6) is 0.555. The quantitative estimate of drug-likeness (QED) is 0.724. The molecule has 0 unspecified atom stereocenters. The number of amides is 1. The molecule has 122 valence electrons. The van der Waals surface area contributed by atoms with E-state index in [2.05, 4.69) is 22.5 Å². The van der Waals surface area contributed by atoms with Crippen LogP contribution in [0.15, 0.2) is 42.6 Å². The molecule has 1 aromatic carbocycles. The summed E-state index contributed by atoms with van der Waals surface area (Å²) in [5.41, 5.74) is 2.01. The third kappa shape index (κ3) is 5.29. The van der Waals surface area contributed by atoms with E-state index in [-0.39, 0.29) is 5.91 Å². The Morgan fingerprint density at radius 3 is 2.61 bits per heavy atom. The molecule has 0 fully saturated rings. The fourth-order valence-electron chi connectivity index (χ4n) is 2.07. The van der Waals surface area contributed by atoms with E-state index in [9.17, 15) is 4.79 Å². The molecule has 0 aliphatic heterocycles. The maximum Gasteiger partial charge on any atom is 0.274 e. The van der Waals surface area contributed by atoms with Gasteiger partial charge in [-0.1, -0.05) is 13.3 Å².